The van der Waals surface area contributed by atoms with Crippen molar-refractivity contribution in [3.63, 3.8) is 0 Å². The van der Waals surface area contributed by atoms with Gasteiger partial charge >= 0.3 is 0 Å². The van der Waals surface area contributed by atoms with Gasteiger partial charge in [-0.25, -0.2) is 4.98 Å². The van der Waals surface area contributed by atoms with Crippen LogP contribution >= 0.6 is 11.3 Å². The number of anilines is 1. The highest BCUT2D eigenvalue weighted by Crippen LogP contribution is 2.25. The molecule has 0 fully saturated rings. The van der Waals surface area contributed by atoms with E-state index in [1.165, 1.54) is 4.88 Å². The molecule has 0 aromatic carbocycles. The van der Waals surface area contributed by atoms with Crippen LogP contribution in [0.25, 0.3) is 0 Å². The van der Waals surface area contributed by atoms with Crippen LogP contribution in [-0.4, -0.2) is 36.3 Å². The zero-order chi connectivity index (χ0) is 15.0. The Balaban J connectivity index is 2.50. The van der Waals surface area contributed by atoms with Crippen molar-refractivity contribution in [3.8, 4) is 0 Å². The van der Waals surface area contributed by atoms with Crippen LogP contribution in [0.4, 0.5) is 5.13 Å². The minimum Gasteiger partial charge on any atom is -0.396 e. The van der Waals surface area contributed by atoms with E-state index in [9.17, 15) is 5.11 Å². The predicted molar refractivity (Wildman–Crippen MR) is 87.5 cm³/mol. The normalized spacial score (nSPS) is 11.8. The Labute approximate surface area is 127 Å². The first-order valence-corrected chi connectivity index (χ1v) is 8.47. The van der Waals surface area contributed by atoms with Crippen LogP contribution in [0.2, 0.25) is 0 Å². The summed E-state index contributed by atoms with van der Waals surface area (Å²) in [5, 5.41) is 14.1. The molecule has 5 heteroatoms. The van der Waals surface area contributed by atoms with Crippen molar-refractivity contribution in [1.29, 1.82) is 0 Å². The maximum atomic E-state index is 9.56. The average molecular weight is 299 g/mol. The number of hydrogen-bond acceptors (Lipinski definition) is 5. The van der Waals surface area contributed by atoms with E-state index in [1.54, 1.807) is 11.3 Å². The Morgan fingerprint density at radius 2 is 1.90 bits per heavy atom. The standard InChI is InChI=1S/C15H29N3OS/c1-5-15(6-2,12-19)11-16-9-13-10-17-14(20-13)18(7-3)8-4/h10,16,19H,5-9,11-12H2,1-4H3. The zero-order valence-electron chi connectivity index (χ0n) is 13.3. The van der Waals surface area contributed by atoms with Gasteiger partial charge in [-0.3, -0.25) is 0 Å². The third-order valence-electron chi connectivity index (χ3n) is 4.21. The van der Waals surface area contributed by atoms with Gasteiger partial charge in [-0.2, -0.15) is 0 Å². The first-order chi connectivity index (χ1) is 9.64. The van der Waals surface area contributed by atoms with Gasteiger partial charge in [0, 0.05) is 49.3 Å². The second-order valence-corrected chi connectivity index (χ2v) is 6.34. The Hall–Kier alpha value is -0.650. The second kappa shape index (κ2) is 8.60. The van der Waals surface area contributed by atoms with Crippen molar-refractivity contribution < 1.29 is 5.11 Å². The van der Waals surface area contributed by atoms with Crippen molar-refractivity contribution >= 4 is 16.5 Å². The fraction of sp³-hybridized carbons (Fsp3) is 0.800. The average Bonchev–Trinajstić information content (AvgIpc) is 2.94. The molecule has 0 unspecified atom stereocenters. The van der Waals surface area contributed by atoms with Crippen molar-refractivity contribution in [2.75, 3.05) is 31.1 Å². The second-order valence-electron chi connectivity index (χ2n) is 5.25. The number of hydrogen-bond donors (Lipinski definition) is 2. The number of rotatable bonds is 10. The van der Waals surface area contributed by atoms with Crippen LogP contribution in [0, 0.1) is 5.41 Å². The van der Waals surface area contributed by atoms with Gasteiger partial charge < -0.3 is 15.3 Å². The van der Waals surface area contributed by atoms with Crippen LogP contribution in [-0.2, 0) is 6.54 Å². The van der Waals surface area contributed by atoms with E-state index in [0.717, 1.165) is 44.2 Å². The molecule has 1 aromatic heterocycles. The lowest BCUT2D eigenvalue weighted by Gasteiger charge is -2.29. The Bertz CT molecular complexity index is 365. The van der Waals surface area contributed by atoms with Crippen LogP contribution in [0.1, 0.15) is 45.4 Å². The molecule has 116 valence electrons. The Morgan fingerprint density at radius 3 is 2.40 bits per heavy atom. The van der Waals surface area contributed by atoms with Gasteiger partial charge in [-0.1, -0.05) is 13.8 Å². The maximum absolute atomic E-state index is 9.56. The molecule has 0 atom stereocenters. The largest absolute Gasteiger partial charge is 0.396 e. The molecule has 0 aliphatic carbocycles. The number of nitrogens with zero attached hydrogens (tertiary/aromatic N) is 2. The molecule has 0 saturated carbocycles. The van der Waals surface area contributed by atoms with E-state index in [-0.39, 0.29) is 12.0 Å². The quantitative estimate of drug-likeness (QED) is 0.697. The van der Waals surface area contributed by atoms with E-state index in [4.69, 9.17) is 0 Å². The summed E-state index contributed by atoms with van der Waals surface area (Å²) >= 11 is 1.75. The summed E-state index contributed by atoms with van der Waals surface area (Å²) in [6.07, 6.45) is 3.96. The molecule has 0 aliphatic heterocycles. The number of aliphatic hydroxyl groups excluding tert-OH is 1. The number of aromatic nitrogens is 1. The predicted octanol–water partition coefficient (Wildman–Crippen LogP) is 2.88. The molecular formula is C15H29N3OS. The molecule has 0 saturated heterocycles. The third-order valence-corrected chi connectivity index (χ3v) is 5.27. The summed E-state index contributed by atoms with van der Waals surface area (Å²) in [5.74, 6) is 0. The summed E-state index contributed by atoms with van der Waals surface area (Å²) in [6, 6.07) is 0. The van der Waals surface area contributed by atoms with Crippen molar-refractivity contribution in [1.82, 2.24) is 10.3 Å². The molecule has 1 aromatic rings. The van der Waals surface area contributed by atoms with Crippen molar-refractivity contribution in [2.45, 2.75) is 47.1 Å². The van der Waals surface area contributed by atoms with E-state index in [0.29, 0.717) is 0 Å². The fourth-order valence-corrected chi connectivity index (χ4v) is 3.26. The first-order valence-electron chi connectivity index (χ1n) is 7.65. The van der Waals surface area contributed by atoms with Gasteiger partial charge in [-0.15, -0.1) is 11.3 Å². The van der Waals surface area contributed by atoms with Gasteiger partial charge in [-0.05, 0) is 26.7 Å². The highest BCUT2D eigenvalue weighted by Gasteiger charge is 2.24. The van der Waals surface area contributed by atoms with Crippen molar-refractivity contribution in [3.05, 3.63) is 11.1 Å². The lowest BCUT2D eigenvalue weighted by Crippen LogP contribution is -2.36. The monoisotopic (exact) mass is 299 g/mol. The summed E-state index contributed by atoms with van der Waals surface area (Å²) in [5.41, 5.74) is 0.0202. The molecule has 0 aliphatic rings. The Morgan fingerprint density at radius 1 is 1.25 bits per heavy atom. The highest BCUT2D eigenvalue weighted by atomic mass is 32.1. The molecule has 1 rings (SSSR count). The van der Waals surface area contributed by atoms with Crippen LogP contribution in [0.15, 0.2) is 6.20 Å². The molecular weight excluding hydrogens is 270 g/mol. The number of thiazole rings is 1. The SMILES string of the molecule is CCN(CC)c1ncc(CNCC(CC)(CC)CO)s1. The first kappa shape index (κ1) is 17.4. The summed E-state index contributed by atoms with van der Waals surface area (Å²) in [4.78, 5) is 8.01. The van der Waals surface area contributed by atoms with E-state index in [1.807, 2.05) is 6.20 Å². The third kappa shape index (κ3) is 4.43. The number of aliphatic hydroxyl groups is 1. The molecule has 0 spiro atoms. The van der Waals surface area contributed by atoms with Gasteiger partial charge in [0.05, 0.1) is 0 Å². The summed E-state index contributed by atoms with van der Waals surface area (Å²) in [6.45, 7) is 12.5. The lowest BCUT2D eigenvalue weighted by atomic mass is 9.83. The highest BCUT2D eigenvalue weighted by molar-refractivity contribution is 7.15. The summed E-state index contributed by atoms with van der Waals surface area (Å²) < 4.78 is 0. The molecule has 4 nitrogen and oxygen atoms in total. The molecule has 0 bridgehead atoms. The van der Waals surface area contributed by atoms with Crippen LogP contribution in [0.3, 0.4) is 0 Å². The van der Waals surface area contributed by atoms with Crippen LogP contribution < -0.4 is 10.2 Å². The fourth-order valence-electron chi connectivity index (χ4n) is 2.25. The van der Waals surface area contributed by atoms with E-state index in [2.05, 4.69) is 42.9 Å². The van der Waals surface area contributed by atoms with Crippen LogP contribution in [0.5, 0.6) is 0 Å². The van der Waals surface area contributed by atoms with Gasteiger partial charge in [0.1, 0.15) is 0 Å². The summed E-state index contributed by atoms with van der Waals surface area (Å²) in [7, 11) is 0. The topological polar surface area (TPSA) is 48.4 Å². The zero-order valence-corrected chi connectivity index (χ0v) is 14.1. The molecule has 2 N–H and O–H groups in total. The molecule has 1 heterocycles. The maximum Gasteiger partial charge on any atom is 0.185 e. The van der Waals surface area contributed by atoms with E-state index < -0.39 is 0 Å². The van der Waals surface area contributed by atoms with Crippen molar-refractivity contribution in [2.24, 2.45) is 5.41 Å². The van der Waals surface area contributed by atoms with E-state index >= 15 is 0 Å². The molecule has 0 radical (unpaired) electrons. The number of nitrogens with one attached hydrogen (secondary N) is 1. The lowest BCUT2D eigenvalue weighted by molar-refractivity contribution is 0.113. The van der Waals surface area contributed by atoms with Gasteiger partial charge in [0.2, 0.25) is 0 Å². The van der Waals surface area contributed by atoms with Gasteiger partial charge in [0.25, 0.3) is 0 Å². The Kier molecular flexibility index (Phi) is 7.48. The minimum absolute atomic E-state index is 0.0202. The van der Waals surface area contributed by atoms with Gasteiger partial charge in [0.15, 0.2) is 5.13 Å². The molecule has 20 heavy (non-hydrogen) atoms. The smallest absolute Gasteiger partial charge is 0.185 e. The molecule has 0 amide bonds. The minimum atomic E-state index is 0.0202.